The van der Waals surface area contributed by atoms with Crippen molar-refractivity contribution in [2.45, 2.75) is 0 Å². The highest BCUT2D eigenvalue weighted by Crippen LogP contribution is 2.32. The first-order chi connectivity index (χ1) is 7.76. The first kappa shape index (κ1) is 10.4. The lowest BCUT2D eigenvalue weighted by atomic mass is 10.2. The van der Waals surface area contributed by atoms with E-state index in [4.69, 9.17) is 16.2 Å². The van der Waals surface area contributed by atoms with Gasteiger partial charge in [-0.05, 0) is 23.4 Å². The Balaban J connectivity index is 2.46. The molecular formula is C10H12N4O2. The predicted molar refractivity (Wildman–Crippen MR) is 62.7 cm³/mol. The van der Waals surface area contributed by atoms with Gasteiger partial charge in [0.25, 0.3) is 0 Å². The van der Waals surface area contributed by atoms with E-state index < -0.39 is 0 Å². The van der Waals surface area contributed by atoms with Gasteiger partial charge in [0.05, 0.1) is 5.69 Å². The molecule has 0 fully saturated rings. The second-order valence-electron chi connectivity index (χ2n) is 3.32. The van der Waals surface area contributed by atoms with Crippen LogP contribution in [0.4, 0.5) is 11.5 Å². The van der Waals surface area contributed by atoms with Crippen LogP contribution in [0.15, 0.2) is 23.4 Å². The number of aromatic nitrogens is 1. The van der Waals surface area contributed by atoms with Gasteiger partial charge in [0.15, 0.2) is 5.82 Å². The van der Waals surface area contributed by atoms with E-state index in [2.05, 4.69) is 10.2 Å². The Bertz CT molecular complexity index is 521. The third-order valence-corrected chi connectivity index (χ3v) is 2.26. The van der Waals surface area contributed by atoms with E-state index in [1.165, 1.54) is 0 Å². The van der Waals surface area contributed by atoms with E-state index in [9.17, 15) is 4.91 Å². The molecule has 0 atom stereocenters. The monoisotopic (exact) mass is 220 g/mol. The molecule has 0 aliphatic carbocycles. The van der Waals surface area contributed by atoms with Crippen LogP contribution in [0.25, 0.3) is 10.9 Å². The molecular weight excluding hydrogens is 208 g/mol. The molecule has 5 N–H and O–H groups in total. The number of nitroso groups, excluding NO2 is 1. The number of H-pyrrole nitrogens is 1. The first-order valence-electron chi connectivity index (χ1n) is 4.83. The zero-order valence-corrected chi connectivity index (χ0v) is 8.56. The summed E-state index contributed by atoms with van der Waals surface area (Å²) in [5.41, 5.74) is 12.5. The van der Waals surface area contributed by atoms with Crippen LogP contribution < -0.4 is 16.2 Å². The van der Waals surface area contributed by atoms with Crippen LogP contribution in [0, 0.1) is 4.91 Å². The largest absolute Gasteiger partial charge is 0.490 e. The zero-order valence-electron chi connectivity index (χ0n) is 8.56. The number of nitrogens with two attached hydrogens (primary N) is 2. The van der Waals surface area contributed by atoms with E-state index in [0.717, 1.165) is 10.9 Å². The molecule has 1 aromatic carbocycles. The molecule has 1 aromatic heterocycles. The van der Waals surface area contributed by atoms with Crippen molar-refractivity contribution in [2.24, 2.45) is 10.9 Å². The molecule has 1 heterocycles. The highest BCUT2D eigenvalue weighted by Gasteiger charge is 2.08. The summed E-state index contributed by atoms with van der Waals surface area (Å²) >= 11 is 0. The lowest BCUT2D eigenvalue weighted by Crippen LogP contribution is -2.11. The maximum absolute atomic E-state index is 10.4. The van der Waals surface area contributed by atoms with E-state index in [0.29, 0.717) is 24.6 Å². The van der Waals surface area contributed by atoms with E-state index >= 15 is 0 Å². The topological polar surface area (TPSA) is 106 Å². The molecule has 0 saturated carbocycles. The Morgan fingerprint density at radius 1 is 1.44 bits per heavy atom. The number of nitrogen functional groups attached to an aromatic ring is 1. The number of nitrogens with zero attached hydrogens (tertiary/aromatic N) is 1. The molecule has 0 bridgehead atoms. The molecule has 2 rings (SSSR count). The lowest BCUT2D eigenvalue weighted by Gasteiger charge is -2.07. The second-order valence-corrected chi connectivity index (χ2v) is 3.32. The number of nitrogens with one attached hydrogen (secondary N) is 1. The Labute approximate surface area is 91.5 Å². The fourth-order valence-electron chi connectivity index (χ4n) is 1.54. The number of hydrogen-bond acceptors (Lipinski definition) is 5. The molecule has 0 aliphatic heterocycles. The summed E-state index contributed by atoms with van der Waals surface area (Å²) in [6, 6.07) is 5.11. The molecule has 0 amide bonds. The van der Waals surface area contributed by atoms with Gasteiger partial charge in [0, 0.05) is 17.4 Å². The number of anilines is 1. The molecule has 6 nitrogen and oxygen atoms in total. The second kappa shape index (κ2) is 4.19. The highest BCUT2D eigenvalue weighted by atomic mass is 16.5. The van der Waals surface area contributed by atoms with Crippen LogP contribution in [-0.4, -0.2) is 18.1 Å². The smallest absolute Gasteiger partial charge is 0.175 e. The average Bonchev–Trinajstić information content (AvgIpc) is 2.72. The average molecular weight is 220 g/mol. The number of ether oxygens (including phenoxy) is 1. The van der Waals surface area contributed by atoms with E-state index in [1.54, 1.807) is 18.2 Å². The van der Waals surface area contributed by atoms with Crippen molar-refractivity contribution in [1.29, 1.82) is 0 Å². The number of aromatic amines is 1. The number of rotatable bonds is 4. The van der Waals surface area contributed by atoms with Gasteiger partial charge in [0.1, 0.15) is 12.4 Å². The normalized spacial score (nSPS) is 10.6. The van der Waals surface area contributed by atoms with Gasteiger partial charge in [-0.25, -0.2) is 0 Å². The van der Waals surface area contributed by atoms with Crippen LogP contribution >= 0.6 is 0 Å². The molecule has 2 aromatic rings. The summed E-state index contributed by atoms with van der Waals surface area (Å²) < 4.78 is 5.36. The fraction of sp³-hybridized carbons (Fsp3) is 0.200. The van der Waals surface area contributed by atoms with Gasteiger partial charge in [-0.3, -0.25) is 0 Å². The van der Waals surface area contributed by atoms with Crippen LogP contribution in [0.2, 0.25) is 0 Å². The molecule has 0 aliphatic rings. The first-order valence-corrected chi connectivity index (χ1v) is 4.83. The number of hydrogen-bond donors (Lipinski definition) is 3. The minimum absolute atomic E-state index is 0.248. The summed E-state index contributed by atoms with van der Waals surface area (Å²) in [4.78, 5) is 13.2. The number of benzene rings is 1. The van der Waals surface area contributed by atoms with Gasteiger partial charge < -0.3 is 21.2 Å². The van der Waals surface area contributed by atoms with Crippen molar-refractivity contribution in [3.8, 4) is 5.75 Å². The molecule has 0 radical (unpaired) electrons. The molecule has 84 valence electrons. The van der Waals surface area contributed by atoms with Crippen LogP contribution in [-0.2, 0) is 0 Å². The Kier molecular flexibility index (Phi) is 2.74. The van der Waals surface area contributed by atoms with Gasteiger partial charge in [-0.1, -0.05) is 0 Å². The standard InChI is InChI=1S/C10H12N4O2/c11-3-4-16-8-2-1-7-6(10(8)12)5-9(13-7)14-15/h1-2,5,13H,3-4,11-12H2. The molecule has 6 heteroatoms. The Hall–Kier alpha value is -2.08. The van der Waals surface area contributed by atoms with Crippen LogP contribution in [0.1, 0.15) is 0 Å². The highest BCUT2D eigenvalue weighted by molar-refractivity contribution is 5.96. The Morgan fingerprint density at radius 2 is 2.25 bits per heavy atom. The van der Waals surface area contributed by atoms with Crippen molar-refractivity contribution in [3.05, 3.63) is 23.1 Å². The van der Waals surface area contributed by atoms with Crippen molar-refractivity contribution in [1.82, 2.24) is 4.98 Å². The van der Waals surface area contributed by atoms with Crippen LogP contribution in [0.3, 0.4) is 0 Å². The van der Waals surface area contributed by atoms with Gasteiger partial charge in [-0.15, -0.1) is 4.91 Å². The molecule has 16 heavy (non-hydrogen) atoms. The molecule has 0 unspecified atom stereocenters. The lowest BCUT2D eigenvalue weighted by molar-refractivity contribution is 0.330. The van der Waals surface area contributed by atoms with Crippen molar-refractivity contribution in [3.63, 3.8) is 0 Å². The summed E-state index contributed by atoms with van der Waals surface area (Å²) in [6.45, 7) is 0.824. The van der Waals surface area contributed by atoms with Crippen molar-refractivity contribution < 1.29 is 4.74 Å². The SMILES string of the molecule is NCCOc1ccc2[nH]c(N=O)cc2c1N. The van der Waals surface area contributed by atoms with E-state index in [-0.39, 0.29) is 5.82 Å². The summed E-state index contributed by atoms with van der Waals surface area (Å²) in [7, 11) is 0. The van der Waals surface area contributed by atoms with E-state index in [1.807, 2.05) is 0 Å². The summed E-state index contributed by atoms with van der Waals surface area (Å²) in [5, 5.41) is 3.54. The van der Waals surface area contributed by atoms with Crippen molar-refractivity contribution in [2.75, 3.05) is 18.9 Å². The molecule has 0 saturated heterocycles. The number of fused-ring (bicyclic) bond motifs is 1. The fourth-order valence-corrected chi connectivity index (χ4v) is 1.54. The quantitative estimate of drug-likeness (QED) is 0.535. The van der Waals surface area contributed by atoms with Gasteiger partial charge in [-0.2, -0.15) is 0 Å². The zero-order chi connectivity index (χ0) is 11.5. The summed E-state index contributed by atoms with van der Waals surface area (Å²) in [6.07, 6.45) is 0. The minimum atomic E-state index is 0.248. The van der Waals surface area contributed by atoms with Crippen LogP contribution in [0.5, 0.6) is 5.75 Å². The summed E-state index contributed by atoms with van der Waals surface area (Å²) in [5.74, 6) is 0.812. The van der Waals surface area contributed by atoms with Gasteiger partial charge in [0.2, 0.25) is 0 Å². The minimum Gasteiger partial charge on any atom is -0.490 e. The third-order valence-electron chi connectivity index (χ3n) is 2.26. The molecule has 0 spiro atoms. The van der Waals surface area contributed by atoms with Gasteiger partial charge >= 0.3 is 0 Å². The predicted octanol–water partition coefficient (Wildman–Crippen LogP) is 1.49. The Morgan fingerprint density at radius 3 is 2.94 bits per heavy atom. The van der Waals surface area contributed by atoms with Crippen molar-refractivity contribution >= 4 is 22.4 Å². The third kappa shape index (κ3) is 1.70. The maximum Gasteiger partial charge on any atom is 0.175 e. The maximum atomic E-state index is 10.4.